The Hall–Kier alpha value is -3.41. The van der Waals surface area contributed by atoms with Crippen LogP contribution in [0.2, 0.25) is 0 Å². The highest BCUT2D eigenvalue weighted by molar-refractivity contribution is 5.89. The molecule has 0 aliphatic carbocycles. The fourth-order valence-electron chi connectivity index (χ4n) is 3.13. The minimum atomic E-state index is -0.109. The van der Waals surface area contributed by atoms with Gasteiger partial charge in [0.15, 0.2) is 0 Å². The average molecular weight is 359 g/mol. The number of aromatic nitrogens is 3. The van der Waals surface area contributed by atoms with Crippen molar-refractivity contribution in [2.45, 2.75) is 25.8 Å². The van der Waals surface area contributed by atoms with Crippen LogP contribution < -0.4 is 10.6 Å². The Morgan fingerprint density at radius 2 is 1.81 bits per heavy atom. The maximum absolute atomic E-state index is 11.9. The van der Waals surface area contributed by atoms with Gasteiger partial charge < -0.3 is 5.32 Å². The largest absolute Gasteiger partial charge is 0.324 e. The lowest BCUT2D eigenvalue weighted by Crippen LogP contribution is -2.20. The second-order valence-electron chi connectivity index (χ2n) is 6.43. The molecule has 2 heterocycles. The number of hydrogen-bond donors (Lipinski definition) is 2. The van der Waals surface area contributed by atoms with E-state index in [9.17, 15) is 4.79 Å². The van der Waals surface area contributed by atoms with Gasteiger partial charge in [0.2, 0.25) is 11.9 Å². The fourth-order valence-corrected chi connectivity index (χ4v) is 3.13. The van der Waals surface area contributed by atoms with Gasteiger partial charge in [0.25, 0.3) is 5.95 Å². The van der Waals surface area contributed by atoms with Crippen LogP contribution >= 0.6 is 0 Å². The Balaban J connectivity index is 1.73. The summed E-state index contributed by atoms with van der Waals surface area (Å²) in [6, 6.07) is 20.1. The van der Waals surface area contributed by atoms with Crippen LogP contribution in [0.1, 0.15) is 36.9 Å². The first kappa shape index (κ1) is 17.0. The molecule has 2 N–H and O–H groups in total. The number of fused-ring (bicyclic) bond motifs is 1. The minimum absolute atomic E-state index is 0.0760. The Labute approximate surface area is 157 Å². The lowest BCUT2D eigenvalue weighted by Gasteiger charge is -2.24. The van der Waals surface area contributed by atoms with E-state index in [4.69, 9.17) is 0 Å². The zero-order valence-electron chi connectivity index (χ0n) is 15.1. The van der Waals surface area contributed by atoms with E-state index in [0.717, 1.165) is 23.2 Å². The van der Waals surface area contributed by atoms with E-state index in [1.54, 1.807) is 0 Å². The molecule has 1 amide bonds. The third-order valence-corrected chi connectivity index (χ3v) is 4.42. The number of rotatable bonds is 5. The van der Waals surface area contributed by atoms with Crippen LogP contribution in [0.3, 0.4) is 0 Å². The van der Waals surface area contributed by atoms with Crippen molar-refractivity contribution in [3.63, 3.8) is 0 Å². The summed E-state index contributed by atoms with van der Waals surface area (Å²) in [6.45, 7) is 1.97. The Kier molecular flexibility index (Phi) is 4.70. The second kappa shape index (κ2) is 7.45. The molecule has 6 nitrogen and oxygen atoms in total. The molecule has 3 aromatic rings. The number of amides is 1. The number of nitrogens with one attached hydrogen (secondary N) is 2. The van der Waals surface area contributed by atoms with E-state index in [2.05, 4.69) is 51.1 Å². The normalized spacial score (nSPS) is 15.4. The summed E-state index contributed by atoms with van der Waals surface area (Å²) in [4.78, 5) is 16.4. The summed E-state index contributed by atoms with van der Waals surface area (Å²) in [5, 5.41) is 10.6. The number of allylic oxidation sites excluding steroid dienone is 1. The Morgan fingerprint density at radius 1 is 1.11 bits per heavy atom. The average Bonchev–Trinajstić information content (AvgIpc) is 3.11. The molecule has 0 saturated carbocycles. The molecule has 1 aromatic heterocycles. The summed E-state index contributed by atoms with van der Waals surface area (Å²) >= 11 is 0. The standard InChI is InChI=1S/C21H21N5O/c1-2-9-19(27)23-20-24-21-22-17(15-10-5-3-6-11-15)14-18(26(21)25-20)16-12-7-4-8-13-16/h3-8,10-14,18H,2,9H2,1H3,(H2,22,23,24,25,27). The van der Waals surface area contributed by atoms with Crippen molar-refractivity contribution >= 4 is 23.5 Å². The number of nitrogens with zero attached hydrogens (tertiary/aromatic N) is 3. The quantitative estimate of drug-likeness (QED) is 0.720. The molecular weight excluding hydrogens is 338 g/mol. The summed E-state index contributed by atoms with van der Waals surface area (Å²) in [7, 11) is 0. The van der Waals surface area contributed by atoms with Crippen LogP contribution in [-0.4, -0.2) is 20.7 Å². The number of benzene rings is 2. The maximum Gasteiger partial charge on any atom is 0.250 e. The first-order chi connectivity index (χ1) is 13.2. The molecule has 0 fully saturated rings. The van der Waals surface area contributed by atoms with E-state index >= 15 is 0 Å². The number of carbonyl (C=O) groups excluding carboxylic acids is 1. The zero-order valence-corrected chi connectivity index (χ0v) is 15.1. The highest BCUT2D eigenvalue weighted by atomic mass is 16.1. The van der Waals surface area contributed by atoms with Gasteiger partial charge in [0, 0.05) is 12.1 Å². The molecule has 0 spiro atoms. The van der Waals surface area contributed by atoms with Crippen LogP contribution in [0.25, 0.3) is 5.70 Å². The third kappa shape index (κ3) is 3.60. The van der Waals surface area contributed by atoms with Crippen molar-refractivity contribution in [3.8, 4) is 0 Å². The van der Waals surface area contributed by atoms with Gasteiger partial charge in [-0.3, -0.25) is 10.1 Å². The molecule has 136 valence electrons. The SMILES string of the molecule is CCCC(=O)Nc1nc2n(n1)C(c1ccccc1)C=C(c1ccccc1)N2. The van der Waals surface area contributed by atoms with Crippen molar-refractivity contribution in [2.24, 2.45) is 0 Å². The molecule has 0 saturated heterocycles. The van der Waals surface area contributed by atoms with E-state index in [-0.39, 0.29) is 11.9 Å². The van der Waals surface area contributed by atoms with Gasteiger partial charge in [-0.05, 0) is 23.6 Å². The van der Waals surface area contributed by atoms with E-state index in [1.807, 2.05) is 48.0 Å². The molecule has 2 aromatic carbocycles. The highest BCUT2D eigenvalue weighted by Crippen LogP contribution is 2.33. The lowest BCUT2D eigenvalue weighted by atomic mass is 10.0. The van der Waals surface area contributed by atoms with E-state index in [1.165, 1.54) is 0 Å². The molecule has 0 radical (unpaired) electrons. The molecule has 6 heteroatoms. The zero-order chi connectivity index (χ0) is 18.6. The van der Waals surface area contributed by atoms with Crippen molar-refractivity contribution in [1.82, 2.24) is 14.8 Å². The number of carbonyl (C=O) groups is 1. The molecular formula is C21H21N5O. The van der Waals surface area contributed by atoms with Gasteiger partial charge in [0.05, 0.1) is 0 Å². The first-order valence-corrected chi connectivity index (χ1v) is 9.10. The Morgan fingerprint density at radius 3 is 2.52 bits per heavy atom. The van der Waals surface area contributed by atoms with Crippen molar-refractivity contribution in [2.75, 3.05) is 10.6 Å². The van der Waals surface area contributed by atoms with Crippen LogP contribution in [0.4, 0.5) is 11.9 Å². The van der Waals surface area contributed by atoms with E-state index in [0.29, 0.717) is 18.3 Å². The van der Waals surface area contributed by atoms with Gasteiger partial charge in [-0.2, -0.15) is 4.98 Å². The van der Waals surface area contributed by atoms with Gasteiger partial charge in [-0.25, -0.2) is 4.68 Å². The van der Waals surface area contributed by atoms with Gasteiger partial charge in [0.1, 0.15) is 6.04 Å². The fraction of sp³-hybridized carbons (Fsp3) is 0.190. The topological polar surface area (TPSA) is 71.8 Å². The van der Waals surface area contributed by atoms with Crippen molar-refractivity contribution < 1.29 is 4.79 Å². The molecule has 27 heavy (non-hydrogen) atoms. The Bertz CT molecular complexity index is 963. The third-order valence-electron chi connectivity index (χ3n) is 4.42. The van der Waals surface area contributed by atoms with E-state index < -0.39 is 0 Å². The number of hydrogen-bond acceptors (Lipinski definition) is 4. The molecule has 1 aliphatic rings. The molecule has 1 atom stereocenters. The van der Waals surface area contributed by atoms with Crippen LogP contribution in [0.5, 0.6) is 0 Å². The monoisotopic (exact) mass is 359 g/mol. The van der Waals surface area contributed by atoms with Gasteiger partial charge in [-0.15, -0.1) is 5.10 Å². The minimum Gasteiger partial charge on any atom is -0.324 e. The molecule has 1 unspecified atom stereocenters. The highest BCUT2D eigenvalue weighted by Gasteiger charge is 2.25. The van der Waals surface area contributed by atoms with Crippen molar-refractivity contribution in [3.05, 3.63) is 77.9 Å². The van der Waals surface area contributed by atoms with Crippen molar-refractivity contribution in [1.29, 1.82) is 0 Å². The first-order valence-electron chi connectivity index (χ1n) is 9.10. The lowest BCUT2D eigenvalue weighted by molar-refractivity contribution is -0.116. The summed E-state index contributed by atoms with van der Waals surface area (Å²) in [6.07, 6.45) is 3.36. The summed E-state index contributed by atoms with van der Waals surface area (Å²) in [5.74, 6) is 0.851. The van der Waals surface area contributed by atoms with Crippen LogP contribution in [-0.2, 0) is 4.79 Å². The smallest absolute Gasteiger partial charge is 0.250 e. The summed E-state index contributed by atoms with van der Waals surface area (Å²) < 4.78 is 1.81. The predicted octanol–water partition coefficient (Wildman–Crippen LogP) is 4.07. The molecule has 1 aliphatic heterocycles. The molecule has 4 rings (SSSR count). The van der Waals surface area contributed by atoms with Crippen LogP contribution in [0, 0.1) is 0 Å². The number of anilines is 2. The second-order valence-corrected chi connectivity index (χ2v) is 6.43. The van der Waals surface area contributed by atoms with Gasteiger partial charge in [-0.1, -0.05) is 67.6 Å². The molecule has 0 bridgehead atoms. The maximum atomic E-state index is 11.9. The summed E-state index contributed by atoms with van der Waals surface area (Å²) in [5.41, 5.74) is 3.14. The van der Waals surface area contributed by atoms with Crippen LogP contribution in [0.15, 0.2) is 66.7 Å². The predicted molar refractivity (Wildman–Crippen MR) is 106 cm³/mol. The van der Waals surface area contributed by atoms with Gasteiger partial charge >= 0.3 is 0 Å².